The van der Waals surface area contributed by atoms with Crippen molar-refractivity contribution in [3.8, 4) is 0 Å². The number of amides is 1. The minimum absolute atomic E-state index is 0.0635. The predicted molar refractivity (Wildman–Crippen MR) is 86.7 cm³/mol. The van der Waals surface area contributed by atoms with E-state index in [1.54, 1.807) is 5.51 Å². The second-order valence-electron chi connectivity index (χ2n) is 6.54. The van der Waals surface area contributed by atoms with Crippen molar-refractivity contribution in [1.82, 2.24) is 14.8 Å². The van der Waals surface area contributed by atoms with Crippen LogP contribution in [0.25, 0.3) is 0 Å². The molecule has 3 atom stereocenters. The Kier molecular flexibility index (Phi) is 4.61. The molecule has 126 valence electrons. The molecule has 1 amide bonds. The average Bonchev–Trinajstić information content (AvgIpc) is 3.15. The van der Waals surface area contributed by atoms with Gasteiger partial charge in [0.25, 0.3) is 5.91 Å². The first-order chi connectivity index (χ1) is 11.3. The van der Waals surface area contributed by atoms with E-state index in [1.165, 1.54) is 11.3 Å². The van der Waals surface area contributed by atoms with Crippen molar-refractivity contribution in [3.63, 3.8) is 0 Å². The van der Waals surface area contributed by atoms with E-state index in [9.17, 15) is 4.79 Å². The molecular formula is C16H23N3O3S. The van der Waals surface area contributed by atoms with Crippen LogP contribution < -0.4 is 0 Å². The summed E-state index contributed by atoms with van der Waals surface area (Å²) in [7, 11) is 0. The molecule has 0 aliphatic carbocycles. The Morgan fingerprint density at radius 2 is 2.13 bits per heavy atom. The summed E-state index contributed by atoms with van der Waals surface area (Å²) in [6.45, 7) is 5.77. The van der Waals surface area contributed by atoms with Gasteiger partial charge >= 0.3 is 0 Å². The highest BCUT2D eigenvalue weighted by atomic mass is 32.1. The van der Waals surface area contributed by atoms with Crippen LogP contribution in [0.3, 0.4) is 0 Å². The Hall–Kier alpha value is -1.02. The van der Waals surface area contributed by atoms with Gasteiger partial charge in [0.05, 0.1) is 30.9 Å². The monoisotopic (exact) mass is 337 g/mol. The Labute approximate surface area is 140 Å². The molecule has 3 saturated heterocycles. The largest absolute Gasteiger partial charge is 0.379 e. The molecule has 1 aromatic rings. The quantitative estimate of drug-likeness (QED) is 0.809. The minimum atomic E-state index is 0.0635. The summed E-state index contributed by atoms with van der Waals surface area (Å²) in [4.78, 5) is 21.4. The van der Waals surface area contributed by atoms with Crippen LogP contribution in [0.5, 0.6) is 0 Å². The molecule has 0 N–H and O–H groups in total. The molecule has 4 heterocycles. The summed E-state index contributed by atoms with van der Waals surface area (Å²) in [6, 6.07) is 0.278. The Morgan fingerprint density at radius 1 is 1.26 bits per heavy atom. The van der Waals surface area contributed by atoms with Gasteiger partial charge in [-0.3, -0.25) is 9.69 Å². The van der Waals surface area contributed by atoms with Gasteiger partial charge in [0, 0.05) is 44.1 Å². The first-order valence-electron chi connectivity index (χ1n) is 8.44. The maximum Gasteiger partial charge on any atom is 0.273 e. The SMILES string of the molecule is O=C(c1cscn1)N1C[C@@H]2CCCO[C@@H]2[C@H](N2CCOCC2)C1. The van der Waals surface area contributed by atoms with E-state index in [0.29, 0.717) is 11.6 Å². The zero-order chi connectivity index (χ0) is 15.6. The second kappa shape index (κ2) is 6.84. The zero-order valence-electron chi connectivity index (χ0n) is 13.2. The van der Waals surface area contributed by atoms with E-state index in [1.807, 2.05) is 10.3 Å². The van der Waals surface area contributed by atoms with E-state index in [-0.39, 0.29) is 18.1 Å². The van der Waals surface area contributed by atoms with Gasteiger partial charge in [0.2, 0.25) is 0 Å². The lowest BCUT2D eigenvalue weighted by Gasteiger charge is -2.50. The lowest BCUT2D eigenvalue weighted by Crippen LogP contribution is -2.63. The number of piperidine rings is 1. The van der Waals surface area contributed by atoms with Gasteiger partial charge in [-0.2, -0.15) is 0 Å². The third-order valence-corrected chi connectivity index (χ3v) is 5.78. The number of carbonyl (C=O) groups excluding carboxylic acids is 1. The van der Waals surface area contributed by atoms with E-state index in [2.05, 4.69) is 9.88 Å². The molecule has 7 heteroatoms. The lowest BCUT2D eigenvalue weighted by atomic mass is 9.84. The molecule has 0 saturated carbocycles. The topological polar surface area (TPSA) is 54.9 Å². The number of morpholine rings is 1. The van der Waals surface area contributed by atoms with E-state index < -0.39 is 0 Å². The lowest BCUT2D eigenvalue weighted by molar-refractivity contribution is -0.121. The molecule has 0 spiro atoms. The number of likely N-dealkylation sites (tertiary alicyclic amines) is 1. The predicted octanol–water partition coefficient (Wildman–Crippen LogP) is 1.09. The van der Waals surface area contributed by atoms with Crippen LogP contribution in [0.1, 0.15) is 23.3 Å². The van der Waals surface area contributed by atoms with Crippen LogP contribution in [-0.4, -0.2) is 78.8 Å². The smallest absolute Gasteiger partial charge is 0.273 e. The zero-order valence-corrected chi connectivity index (χ0v) is 14.0. The molecule has 0 radical (unpaired) electrons. The summed E-state index contributed by atoms with van der Waals surface area (Å²) in [5.74, 6) is 0.501. The summed E-state index contributed by atoms with van der Waals surface area (Å²) in [5, 5.41) is 1.84. The minimum Gasteiger partial charge on any atom is -0.379 e. The first kappa shape index (κ1) is 15.5. The average molecular weight is 337 g/mol. The van der Waals surface area contributed by atoms with E-state index >= 15 is 0 Å². The van der Waals surface area contributed by atoms with Crippen LogP contribution >= 0.6 is 11.3 Å². The van der Waals surface area contributed by atoms with E-state index in [0.717, 1.165) is 58.8 Å². The van der Waals surface area contributed by atoms with Crippen molar-refractivity contribution in [2.75, 3.05) is 46.0 Å². The number of carbonyl (C=O) groups is 1. The van der Waals surface area contributed by atoms with Crippen molar-refractivity contribution in [2.45, 2.75) is 25.0 Å². The summed E-state index contributed by atoms with van der Waals surface area (Å²) >= 11 is 1.47. The highest BCUT2D eigenvalue weighted by Gasteiger charge is 2.43. The maximum absolute atomic E-state index is 12.7. The molecule has 3 aliphatic rings. The molecular weight excluding hydrogens is 314 g/mol. The first-order valence-corrected chi connectivity index (χ1v) is 9.38. The number of fused-ring (bicyclic) bond motifs is 1. The normalized spacial score (nSPS) is 32.5. The number of hydrogen-bond acceptors (Lipinski definition) is 6. The van der Waals surface area contributed by atoms with Gasteiger partial charge in [-0.25, -0.2) is 4.98 Å². The van der Waals surface area contributed by atoms with Crippen LogP contribution in [0.4, 0.5) is 0 Å². The Morgan fingerprint density at radius 3 is 2.91 bits per heavy atom. The van der Waals surface area contributed by atoms with Crippen LogP contribution in [0, 0.1) is 5.92 Å². The van der Waals surface area contributed by atoms with E-state index in [4.69, 9.17) is 9.47 Å². The summed E-state index contributed by atoms with van der Waals surface area (Å²) in [6.07, 6.45) is 2.49. The Balaban J connectivity index is 1.54. The van der Waals surface area contributed by atoms with Crippen molar-refractivity contribution >= 4 is 17.2 Å². The summed E-state index contributed by atoms with van der Waals surface area (Å²) in [5.41, 5.74) is 2.30. The number of hydrogen-bond donors (Lipinski definition) is 0. The van der Waals surface area contributed by atoms with Crippen LogP contribution in [0.2, 0.25) is 0 Å². The second-order valence-corrected chi connectivity index (χ2v) is 7.26. The molecule has 3 fully saturated rings. The van der Waals surface area contributed by atoms with Crippen LogP contribution in [-0.2, 0) is 9.47 Å². The molecule has 0 unspecified atom stereocenters. The van der Waals surface area contributed by atoms with Gasteiger partial charge in [-0.05, 0) is 12.8 Å². The number of aromatic nitrogens is 1. The molecule has 1 aromatic heterocycles. The standard InChI is InChI=1S/C16H23N3O3S/c20-16(13-10-23-11-17-13)19-8-12-2-1-5-22-15(12)14(9-19)18-3-6-21-7-4-18/h10-12,14-15H,1-9H2/t12-,14+,15-/m0/s1. The third kappa shape index (κ3) is 3.15. The maximum atomic E-state index is 12.7. The fourth-order valence-electron chi connectivity index (χ4n) is 4.05. The van der Waals surface area contributed by atoms with Gasteiger partial charge in [0.1, 0.15) is 5.69 Å². The molecule has 0 bridgehead atoms. The fourth-order valence-corrected chi connectivity index (χ4v) is 4.58. The number of thiazole rings is 1. The van der Waals surface area contributed by atoms with Crippen molar-refractivity contribution in [3.05, 3.63) is 16.6 Å². The summed E-state index contributed by atoms with van der Waals surface area (Å²) < 4.78 is 11.6. The molecule has 3 aliphatic heterocycles. The number of nitrogens with zero attached hydrogens (tertiary/aromatic N) is 3. The molecule has 0 aromatic carbocycles. The third-order valence-electron chi connectivity index (χ3n) is 5.19. The van der Waals surface area contributed by atoms with Crippen molar-refractivity contribution in [1.29, 1.82) is 0 Å². The molecule has 23 heavy (non-hydrogen) atoms. The number of ether oxygens (including phenoxy) is 2. The highest BCUT2D eigenvalue weighted by Crippen LogP contribution is 2.32. The Bertz CT molecular complexity index is 533. The highest BCUT2D eigenvalue weighted by molar-refractivity contribution is 7.07. The van der Waals surface area contributed by atoms with Crippen molar-refractivity contribution in [2.24, 2.45) is 5.92 Å². The van der Waals surface area contributed by atoms with Crippen molar-refractivity contribution < 1.29 is 14.3 Å². The fraction of sp³-hybridized carbons (Fsp3) is 0.750. The molecule has 6 nitrogen and oxygen atoms in total. The van der Waals surface area contributed by atoms with Gasteiger partial charge in [-0.1, -0.05) is 0 Å². The van der Waals surface area contributed by atoms with Gasteiger partial charge in [0.15, 0.2) is 0 Å². The van der Waals surface area contributed by atoms with Crippen LogP contribution in [0.15, 0.2) is 10.9 Å². The van der Waals surface area contributed by atoms with Gasteiger partial charge < -0.3 is 14.4 Å². The number of rotatable bonds is 2. The molecule has 4 rings (SSSR count). The van der Waals surface area contributed by atoms with Gasteiger partial charge in [-0.15, -0.1) is 11.3 Å².